The maximum Gasteiger partial charge on any atom is 0.303 e. The molecule has 0 spiro atoms. The number of amides is 1. The summed E-state index contributed by atoms with van der Waals surface area (Å²) < 4.78 is 27.5. The summed E-state index contributed by atoms with van der Waals surface area (Å²) in [6.45, 7) is 4.56. The van der Waals surface area contributed by atoms with Crippen LogP contribution in [0, 0.1) is 0 Å². The highest BCUT2D eigenvalue weighted by atomic mass is 16.7. The highest BCUT2D eigenvalue weighted by molar-refractivity contribution is 5.73. The Bertz CT molecular complexity index is 767. The predicted octanol–water partition coefficient (Wildman–Crippen LogP) is 0.721. The Hall–Kier alpha value is -3.14. The van der Waals surface area contributed by atoms with E-state index in [1.165, 1.54) is 27.7 Å². The Balaban J connectivity index is 2.42. The lowest BCUT2D eigenvalue weighted by Gasteiger charge is -2.44. The molecule has 0 aromatic heterocycles. The molecular formula is C20H25NO9. The number of nitrogens with one attached hydrogen (secondary N) is 1. The van der Waals surface area contributed by atoms with Gasteiger partial charge in [-0.2, -0.15) is 0 Å². The number of hydrogen-bond donors (Lipinski definition) is 1. The molecule has 30 heavy (non-hydrogen) atoms. The van der Waals surface area contributed by atoms with E-state index in [1.807, 2.05) is 0 Å². The lowest BCUT2D eigenvalue weighted by atomic mass is 9.96. The number of carbonyl (C=O) groups excluding carboxylic acids is 4. The Morgan fingerprint density at radius 3 is 2.03 bits per heavy atom. The third kappa shape index (κ3) is 6.73. The summed E-state index contributed by atoms with van der Waals surface area (Å²) in [5, 5.41) is 2.63. The molecule has 1 N–H and O–H groups in total. The third-order valence-electron chi connectivity index (χ3n) is 4.07. The zero-order chi connectivity index (χ0) is 22.3. The summed E-state index contributed by atoms with van der Waals surface area (Å²) in [4.78, 5) is 46.6. The molecule has 2 rings (SSSR count). The molecule has 1 aromatic carbocycles. The summed E-state index contributed by atoms with van der Waals surface area (Å²) in [5.74, 6) is -1.93. The Morgan fingerprint density at radius 1 is 0.900 bits per heavy atom. The highest BCUT2D eigenvalue weighted by Crippen LogP contribution is 2.29. The minimum absolute atomic E-state index is 0.285. The van der Waals surface area contributed by atoms with Gasteiger partial charge in [0.15, 0.2) is 12.2 Å². The first-order valence-corrected chi connectivity index (χ1v) is 9.29. The molecule has 10 heteroatoms. The molecule has 10 nitrogen and oxygen atoms in total. The van der Waals surface area contributed by atoms with Crippen LogP contribution in [0.4, 0.5) is 0 Å². The molecule has 0 bridgehead atoms. The van der Waals surface area contributed by atoms with Crippen LogP contribution in [0.1, 0.15) is 27.7 Å². The van der Waals surface area contributed by atoms with E-state index in [0.717, 1.165) is 0 Å². The van der Waals surface area contributed by atoms with Gasteiger partial charge >= 0.3 is 17.9 Å². The normalized spacial score (nSPS) is 25.5. The zero-order valence-electron chi connectivity index (χ0n) is 17.2. The SMILES string of the molecule is CC(=O)N[C@H]1[C@@H](Oc2ccccc2)O[C@@H](COC(C)=O)[C@@H](OC(C)=O)[C@@H]1OC(C)=O. The van der Waals surface area contributed by atoms with Gasteiger partial charge in [-0.15, -0.1) is 0 Å². The molecule has 5 atom stereocenters. The van der Waals surface area contributed by atoms with Crippen molar-refractivity contribution >= 4 is 23.8 Å². The van der Waals surface area contributed by atoms with Crippen LogP contribution in [0.5, 0.6) is 5.75 Å². The van der Waals surface area contributed by atoms with Gasteiger partial charge in [-0.3, -0.25) is 19.2 Å². The molecule has 0 unspecified atom stereocenters. The number of carbonyl (C=O) groups is 4. The summed E-state index contributed by atoms with van der Waals surface area (Å²) in [6, 6.07) is 7.62. The summed E-state index contributed by atoms with van der Waals surface area (Å²) in [5.41, 5.74) is 0. The first-order valence-electron chi connectivity index (χ1n) is 9.29. The van der Waals surface area contributed by atoms with Crippen molar-refractivity contribution < 1.29 is 42.9 Å². The Labute approximate surface area is 173 Å². The second kappa shape index (κ2) is 10.6. The maximum atomic E-state index is 11.8. The molecule has 164 valence electrons. The monoisotopic (exact) mass is 423 g/mol. The first kappa shape index (κ1) is 23.1. The van der Waals surface area contributed by atoms with Gasteiger partial charge in [0.25, 0.3) is 0 Å². The molecule has 1 aliphatic heterocycles. The minimum atomic E-state index is -1.15. The van der Waals surface area contributed by atoms with E-state index in [-0.39, 0.29) is 6.61 Å². The first-order chi connectivity index (χ1) is 14.2. The summed E-state index contributed by atoms with van der Waals surface area (Å²) in [6.07, 6.45) is -4.45. The highest BCUT2D eigenvalue weighted by Gasteiger charge is 2.51. The van der Waals surface area contributed by atoms with Crippen molar-refractivity contribution in [2.45, 2.75) is 58.3 Å². The van der Waals surface area contributed by atoms with Crippen LogP contribution in [0.25, 0.3) is 0 Å². The van der Waals surface area contributed by atoms with Gasteiger partial charge in [0.05, 0.1) is 0 Å². The van der Waals surface area contributed by atoms with Crippen molar-refractivity contribution in [3.8, 4) is 5.75 Å². The largest absolute Gasteiger partial charge is 0.463 e. The van der Waals surface area contributed by atoms with Crippen molar-refractivity contribution in [2.75, 3.05) is 6.61 Å². The van der Waals surface area contributed by atoms with Crippen molar-refractivity contribution in [1.82, 2.24) is 5.32 Å². The van der Waals surface area contributed by atoms with Gasteiger partial charge in [-0.1, -0.05) is 18.2 Å². The molecule has 1 heterocycles. The molecular weight excluding hydrogens is 398 g/mol. The third-order valence-corrected chi connectivity index (χ3v) is 4.07. The van der Waals surface area contributed by atoms with Gasteiger partial charge in [0, 0.05) is 27.7 Å². The van der Waals surface area contributed by atoms with Gasteiger partial charge in [0.1, 0.15) is 24.5 Å². The van der Waals surface area contributed by atoms with Crippen molar-refractivity contribution in [3.05, 3.63) is 30.3 Å². The maximum absolute atomic E-state index is 11.8. The molecule has 1 saturated heterocycles. The van der Waals surface area contributed by atoms with E-state index in [0.29, 0.717) is 5.75 Å². The number of ether oxygens (including phenoxy) is 5. The average molecular weight is 423 g/mol. The fraction of sp³-hybridized carbons (Fsp3) is 0.500. The van der Waals surface area contributed by atoms with Crippen LogP contribution in [0.3, 0.4) is 0 Å². The molecule has 0 radical (unpaired) electrons. The molecule has 1 aliphatic rings. The minimum Gasteiger partial charge on any atom is -0.463 e. The lowest BCUT2D eigenvalue weighted by molar-refractivity contribution is -0.257. The van der Waals surface area contributed by atoms with E-state index in [4.69, 9.17) is 23.7 Å². The lowest BCUT2D eigenvalue weighted by Crippen LogP contribution is -2.67. The second-order valence-corrected chi connectivity index (χ2v) is 6.65. The summed E-state index contributed by atoms with van der Waals surface area (Å²) >= 11 is 0. The van der Waals surface area contributed by atoms with Gasteiger partial charge < -0.3 is 29.0 Å². The van der Waals surface area contributed by atoms with Crippen LogP contribution in [-0.4, -0.2) is 61.1 Å². The second-order valence-electron chi connectivity index (χ2n) is 6.65. The van der Waals surface area contributed by atoms with Crippen LogP contribution in [-0.2, 0) is 38.1 Å². The number of benzene rings is 1. The Morgan fingerprint density at radius 2 is 1.50 bits per heavy atom. The van der Waals surface area contributed by atoms with Crippen molar-refractivity contribution in [2.24, 2.45) is 0 Å². The van der Waals surface area contributed by atoms with Crippen molar-refractivity contribution in [3.63, 3.8) is 0 Å². The number of esters is 3. The van der Waals surface area contributed by atoms with E-state index < -0.39 is 54.5 Å². The van der Waals surface area contributed by atoms with Crippen LogP contribution < -0.4 is 10.1 Å². The van der Waals surface area contributed by atoms with E-state index in [2.05, 4.69) is 5.32 Å². The molecule has 1 fully saturated rings. The van der Waals surface area contributed by atoms with Crippen LogP contribution >= 0.6 is 0 Å². The van der Waals surface area contributed by atoms with Gasteiger partial charge in [-0.05, 0) is 12.1 Å². The molecule has 0 saturated carbocycles. The van der Waals surface area contributed by atoms with Crippen LogP contribution in [0.15, 0.2) is 30.3 Å². The molecule has 1 amide bonds. The fourth-order valence-electron chi connectivity index (χ4n) is 3.02. The van der Waals surface area contributed by atoms with Crippen molar-refractivity contribution in [1.29, 1.82) is 0 Å². The topological polar surface area (TPSA) is 126 Å². The van der Waals surface area contributed by atoms with Crippen LogP contribution in [0.2, 0.25) is 0 Å². The van der Waals surface area contributed by atoms with E-state index in [9.17, 15) is 19.2 Å². The van der Waals surface area contributed by atoms with E-state index in [1.54, 1.807) is 30.3 Å². The Kier molecular flexibility index (Phi) is 8.16. The quantitative estimate of drug-likeness (QED) is 0.498. The fourth-order valence-corrected chi connectivity index (χ4v) is 3.02. The number of hydrogen-bond acceptors (Lipinski definition) is 9. The van der Waals surface area contributed by atoms with E-state index >= 15 is 0 Å². The zero-order valence-corrected chi connectivity index (χ0v) is 17.2. The number of rotatable bonds is 7. The average Bonchev–Trinajstić information content (AvgIpc) is 2.64. The molecule has 1 aromatic rings. The smallest absolute Gasteiger partial charge is 0.303 e. The molecule has 0 aliphatic carbocycles. The van der Waals surface area contributed by atoms with Gasteiger partial charge in [0.2, 0.25) is 12.2 Å². The van der Waals surface area contributed by atoms with Gasteiger partial charge in [-0.25, -0.2) is 0 Å². The number of para-hydroxylation sites is 1. The predicted molar refractivity (Wildman–Crippen MR) is 101 cm³/mol. The standard InChI is InChI=1S/C20H25NO9/c1-11(22)21-17-19(28-14(4)25)18(27-13(3)24)16(10-26-12(2)23)30-20(17)29-15-8-6-5-7-9-15/h5-9,16-20H,10H2,1-4H3,(H,21,22)/t16-,17+,18+,19+,20-/m0/s1. The summed E-state index contributed by atoms with van der Waals surface area (Å²) in [7, 11) is 0.